The first-order chi connectivity index (χ1) is 14.7. The molecule has 6 heteroatoms. The van der Waals surface area contributed by atoms with Crippen LogP contribution in [0.4, 0.5) is 0 Å². The fourth-order valence-corrected chi connectivity index (χ4v) is 4.18. The molecule has 1 aromatic carbocycles. The van der Waals surface area contributed by atoms with E-state index in [1.54, 1.807) is 0 Å². The van der Waals surface area contributed by atoms with Crippen LogP contribution in [0.5, 0.6) is 0 Å². The third-order valence-corrected chi connectivity index (χ3v) is 6.03. The van der Waals surface area contributed by atoms with E-state index < -0.39 is 0 Å². The van der Waals surface area contributed by atoms with Gasteiger partial charge in [-0.15, -0.1) is 5.10 Å². The Bertz CT molecular complexity index is 1140. The van der Waals surface area contributed by atoms with Crippen molar-refractivity contribution in [3.8, 4) is 11.1 Å². The lowest BCUT2D eigenvalue weighted by atomic mass is 10.0. The van der Waals surface area contributed by atoms with Gasteiger partial charge in [0.2, 0.25) is 0 Å². The van der Waals surface area contributed by atoms with Crippen LogP contribution in [0.2, 0.25) is 0 Å². The second kappa shape index (κ2) is 7.97. The van der Waals surface area contributed by atoms with Gasteiger partial charge in [-0.3, -0.25) is 14.8 Å². The number of nitrogens with zero attached hydrogens (tertiary/aromatic N) is 6. The summed E-state index contributed by atoms with van der Waals surface area (Å²) in [4.78, 5) is 9.01. The second-order valence-electron chi connectivity index (χ2n) is 8.18. The summed E-state index contributed by atoms with van der Waals surface area (Å²) in [5.41, 5.74) is 7.03. The minimum absolute atomic E-state index is 0.225. The Labute approximate surface area is 176 Å². The maximum absolute atomic E-state index is 4.59. The fraction of sp³-hybridized carbons (Fsp3) is 0.292. The van der Waals surface area contributed by atoms with Crippen molar-refractivity contribution in [3.63, 3.8) is 0 Å². The number of rotatable bonds is 4. The number of aryl methyl sites for hydroxylation is 1. The Kier molecular flexibility index (Phi) is 5.02. The van der Waals surface area contributed by atoms with E-state index in [9.17, 15) is 0 Å². The summed E-state index contributed by atoms with van der Waals surface area (Å²) in [5, 5.41) is 9.05. The zero-order valence-electron chi connectivity index (χ0n) is 17.4. The van der Waals surface area contributed by atoms with Crippen molar-refractivity contribution in [3.05, 3.63) is 83.9 Å². The first kappa shape index (κ1) is 18.9. The molecule has 0 radical (unpaired) electrons. The number of piperazine rings is 1. The summed E-state index contributed by atoms with van der Waals surface area (Å²) in [7, 11) is 2.18. The molecule has 152 valence electrons. The van der Waals surface area contributed by atoms with Crippen LogP contribution >= 0.6 is 0 Å². The molecular weight excluding hydrogens is 372 g/mol. The molecule has 5 rings (SSSR count). The predicted octanol–water partition coefficient (Wildman–Crippen LogP) is 3.59. The van der Waals surface area contributed by atoms with Gasteiger partial charge < -0.3 is 0 Å². The summed E-state index contributed by atoms with van der Waals surface area (Å²) < 4.78 is 1.92. The molecular formula is C24H26N6. The summed E-state index contributed by atoms with van der Waals surface area (Å²) in [5.74, 6) is 0. The van der Waals surface area contributed by atoms with Crippen molar-refractivity contribution < 1.29 is 0 Å². The van der Waals surface area contributed by atoms with Crippen LogP contribution in [-0.2, 0) is 6.54 Å². The molecule has 6 nitrogen and oxygen atoms in total. The highest BCUT2D eigenvalue weighted by Crippen LogP contribution is 2.28. The molecule has 1 fully saturated rings. The maximum atomic E-state index is 4.59. The first-order valence-corrected chi connectivity index (χ1v) is 10.4. The lowest BCUT2D eigenvalue weighted by molar-refractivity contribution is 0.0889. The second-order valence-corrected chi connectivity index (χ2v) is 8.18. The highest BCUT2D eigenvalue weighted by atomic mass is 15.4. The molecule has 1 atom stereocenters. The molecule has 1 aliphatic heterocycles. The van der Waals surface area contributed by atoms with Gasteiger partial charge in [0, 0.05) is 50.3 Å². The van der Waals surface area contributed by atoms with Gasteiger partial charge in [-0.05, 0) is 43.3 Å². The number of aromatic nitrogens is 4. The summed E-state index contributed by atoms with van der Waals surface area (Å²) in [6, 6.07) is 17.3. The van der Waals surface area contributed by atoms with Crippen molar-refractivity contribution in [2.24, 2.45) is 0 Å². The molecule has 4 aromatic rings. The van der Waals surface area contributed by atoms with Gasteiger partial charge in [0.1, 0.15) is 5.69 Å². The Morgan fingerprint density at radius 1 is 0.933 bits per heavy atom. The molecule has 0 bridgehead atoms. The lowest BCUT2D eigenvalue weighted by Gasteiger charge is -2.38. The van der Waals surface area contributed by atoms with Gasteiger partial charge >= 0.3 is 0 Å². The van der Waals surface area contributed by atoms with Crippen LogP contribution in [0, 0.1) is 6.92 Å². The molecule has 1 aliphatic rings. The molecule has 1 saturated heterocycles. The Balaban J connectivity index is 1.41. The number of hydrogen-bond acceptors (Lipinski definition) is 5. The minimum atomic E-state index is 0.225. The molecule has 0 N–H and O–H groups in total. The standard InChI is InChI=1S/C24H26N6/c1-18-3-5-20(6-4-18)21-7-8-22-24(26-27-30(22)16-21)23-17-29(14-13-28(23)2)15-19-9-11-25-12-10-19/h3-12,16,23H,13-15,17H2,1-2H3. The molecule has 30 heavy (non-hydrogen) atoms. The normalized spacial score (nSPS) is 18.1. The van der Waals surface area contributed by atoms with Crippen LogP contribution in [0.3, 0.4) is 0 Å². The highest BCUT2D eigenvalue weighted by Gasteiger charge is 2.29. The van der Waals surface area contributed by atoms with Crippen LogP contribution < -0.4 is 0 Å². The maximum Gasteiger partial charge on any atom is 0.109 e. The van der Waals surface area contributed by atoms with E-state index >= 15 is 0 Å². The number of likely N-dealkylation sites (N-methyl/N-ethyl adjacent to an activating group) is 1. The monoisotopic (exact) mass is 398 g/mol. The van der Waals surface area contributed by atoms with E-state index in [-0.39, 0.29) is 6.04 Å². The zero-order chi connectivity index (χ0) is 20.5. The van der Waals surface area contributed by atoms with Crippen LogP contribution in [0.25, 0.3) is 16.6 Å². The van der Waals surface area contributed by atoms with E-state index in [0.29, 0.717) is 0 Å². The summed E-state index contributed by atoms with van der Waals surface area (Å²) >= 11 is 0. The quantitative estimate of drug-likeness (QED) is 0.526. The van der Waals surface area contributed by atoms with Crippen molar-refractivity contribution in [1.29, 1.82) is 0 Å². The lowest BCUT2D eigenvalue weighted by Crippen LogP contribution is -2.46. The van der Waals surface area contributed by atoms with E-state index in [4.69, 9.17) is 0 Å². The van der Waals surface area contributed by atoms with Crippen molar-refractivity contribution in [1.82, 2.24) is 29.6 Å². The van der Waals surface area contributed by atoms with Crippen LogP contribution in [0.1, 0.15) is 22.9 Å². The number of hydrogen-bond donors (Lipinski definition) is 0. The Morgan fingerprint density at radius 3 is 2.50 bits per heavy atom. The summed E-state index contributed by atoms with van der Waals surface area (Å²) in [6.07, 6.45) is 5.80. The Hall–Kier alpha value is -3.09. The fourth-order valence-electron chi connectivity index (χ4n) is 4.18. The molecule has 3 aromatic heterocycles. The molecule has 0 aliphatic carbocycles. The molecule has 0 spiro atoms. The van der Waals surface area contributed by atoms with Crippen LogP contribution in [0.15, 0.2) is 67.1 Å². The number of benzene rings is 1. The topological polar surface area (TPSA) is 49.6 Å². The van der Waals surface area contributed by atoms with Gasteiger partial charge in [0.25, 0.3) is 0 Å². The van der Waals surface area contributed by atoms with Gasteiger partial charge in [0.05, 0.1) is 11.6 Å². The predicted molar refractivity (Wildman–Crippen MR) is 118 cm³/mol. The molecule has 0 saturated carbocycles. The number of pyridine rings is 2. The SMILES string of the molecule is Cc1ccc(-c2ccc3c(C4CN(Cc5ccncc5)CCN4C)nnn3c2)cc1. The van der Waals surface area contributed by atoms with Crippen molar-refractivity contribution >= 4 is 5.52 Å². The highest BCUT2D eigenvalue weighted by molar-refractivity contribution is 5.66. The van der Waals surface area contributed by atoms with E-state index in [0.717, 1.165) is 43.0 Å². The minimum Gasteiger partial charge on any atom is -0.296 e. The van der Waals surface area contributed by atoms with E-state index in [2.05, 4.69) is 93.8 Å². The van der Waals surface area contributed by atoms with Gasteiger partial charge in [-0.25, -0.2) is 4.52 Å². The molecule has 0 amide bonds. The largest absolute Gasteiger partial charge is 0.296 e. The van der Waals surface area contributed by atoms with Crippen molar-refractivity contribution in [2.75, 3.05) is 26.7 Å². The molecule has 4 heterocycles. The Morgan fingerprint density at radius 2 is 1.70 bits per heavy atom. The average Bonchev–Trinajstić information content (AvgIpc) is 3.19. The average molecular weight is 399 g/mol. The van der Waals surface area contributed by atoms with Crippen molar-refractivity contribution in [2.45, 2.75) is 19.5 Å². The number of fused-ring (bicyclic) bond motifs is 1. The zero-order valence-corrected chi connectivity index (χ0v) is 17.4. The third kappa shape index (κ3) is 3.72. The van der Waals surface area contributed by atoms with E-state index in [1.165, 1.54) is 16.7 Å². The van der Waals surface area contributed by atoms with Crippen LogP contribution in [-0.4, -0.2) is 56.3 Å². The van der Waals surface area contributed by atoms with E-state index in [1.807, 2.05) is 16.9 Å². The summed E-state index contributed by atoms with van der Waals surface area (Å²) in [6.45, 7) is 6.04. The molecule has 1 unspecified atom stereocenters. The van der Waals surface area contributed by atoms with Gasteiger partial charge in [-0.1, -0.05) is 41.1 Å². The smallest absolute Gasteiger partial charge is 0.109 e. The van der Waals surface area contributed by atoms with Gasteiger partial charge in [0.15, 0.2) is 0 Å². The van der Waals surface area contributed by atoms with Gasteiger partial charge in [-0.2, -0.15) is 0 Å². The first-order valence-electron chi connectivity index (χ1n) is 10.4. The third-order valence-electron chi connectivity index (χ3n) is 6.03.